The van der Waals surface area contributed by atoms with Crippen LogP contribution < -0.4 is 20.7 Å². The van der Waals surface area contributed by atoms with Gasteiger partial charge in [-0.3, -0.25) is 4.79 Å². The SMILES string of the molecule is C=CC(=O)Nc1cccc(Oc2nc(Nc3ccc(NC4CCN(C(C)C)CC4)c(F)c3)nc3ccsc23)c1. The number of likely N-dealkylation sites (tertiary alicyclic amines) is 1. The first kappa shape index (κ1) is 26.6. The molecule has 1 amide bonds. The first-order valence-electron chi connectivity index (χ1n) is 12.9. The van der Waals surface area contributed by atoms with Crippen LogP contribution in [0, 0.1) is 5.82 Å². The number of halogens is 1. The highest BCUT2D eigenvalue weighted by Gasteiger charge is 2.21. The monoisotopic (exact) mass is 546 g/mol. The molecule has 0 bridgehead atoms. The lowest BCUT2D eigenvalue weighted by molar-refractivity contribution is -0.111. The number of carbonyl (C=O) groups is 1. The molecular formula is C29H31FN6O2S. The highest BCUT2D eigenvalue weighted by molar-refractivity contribution is 7.17. The molecule has 202 valence electrons. The molecule has 8 nitrogen and oxygen atoms in total. The van der Waals surface area contributed by atoms with E-state index in [4.69, 9.17) is 4.74 Å². The summed E-state index contributed by atoms with van der Waals surface area (Å²) in [6.07, 6.45) is 3.17. The molecule has 1 aliphatic heterocycles. The molecule has 0 spiro atoms. The molecule has 0 unspecified atom stereocenters. The standard InChI is InChI=1S/C29H31FN6O2S/c1-4-26(37)32-20-6-5-7-22(16-20)38-28-27-25(12-15-39-27)34-29(35-28)33-21-8-9-24(23(30)17-21)31-19-10-13-36(14-11-19)18(2)3/h4-9,12,15-19,31H,1,10-11,13-14H2,2-3H3,(H,32,37)(H,33,34,35). The Morgan fingerprint density at radius 2 is 1.97 bits per heavy atom. The summed E-state index contributed by atoms with van der Waals surface area (Å²) < 4.78 is 21.9. The summed E-state index contributed by atoms with van der Waals surface area (Å²) in [5, 5.41) is 11.1. The predicted molar refractivity (Wildman–Crippen MR) is 156 cm³/mol. The number of aromatic nitrogens is 2. The molecular weight excluding hydrogens is 515 g/mol. The Labute approximate surface area is 230 Å². The molecule has 0 aliphatic carbocycles. The molecule has 2 aromatic carbocycles. The van der Waals surface area contributed by atoms with Gasteiger partial charge in [0.1, 0.15) is 16.3 Å². The van der Waals surface area contributed by atoms with Crippen molar-refractivity contribution in [2.24, 2.45) is 0 Å². The number of benzene rings is 2. The Morgan fingerprint density at radius 1 is 1.15 bits per heavy atom. The van der Waals surface area contributed by atoms with Crippen LogP contribution in [0.2, 0.25) is 0 Å². The first-order valence-corrected chi connectivity index (χ1v) is 13.8. The summed E-state index contributed by atoms with van der Waals surface area (Å²) in [6, 6.07) is 14.6. The van der Waals surface area contributed by atoms with Gasteiger partial charge in [0.25, 0.3) is 0 Å². The Kier molecular flexibility index (Phi) is 8.04. The number of thiophene rings is 1. The second-order valence-corrected chi connectivity index (χ2v) is 10.6. The lowest BCUT2D eigenvalue weighted by Gasteiger charge is -2.35. The highest BCUT2D eigenvalue weighted by atomic mass is 32.1. The van der Waals surface area contributed by atoms with Gasteiger partial charge in [-0.05, 0) is 74.5 Å². The largest absolute Gasteiger partial charge is 0.437 e. The molecule has 3 heterocycles. The Hall–Kier alpha value is -4.02. The zero-order valence-corrected chi connectivity index (χ0v) is 22.7. The maximum atomic E-state index is 15.0. The zero-order chi connectivity index (χ0) is 27.4. The number of ether oxygens (including phenoxy) is 1. The van der Waals surface area contributed by atoms with Crippen LogP contribution in [0.25, 0.3) is 10.2 Å². The van der Waals surface area contributed by atoms with Gasteiger partial charge in [-0.25, -0.2) is 9.37 Å². The summed E-state index contributed by atoms with van der Waals surface area (Å²) in [5.74, 6) is 0.491. The fourth-order valence-electron chi connectivity index (χ4n) is 4.52. The van der Waals surface area contributed by atoms with Crippen LogP contribution in [0.15, 0.2) is 66.6 Å². The van der Waals surface area contributed by atoms with E-state index in [0.717, 1.165) is 30.6 Å². The van der Waals surface area contributed by atoms with Crippen molar-refractivity contribution in [3.05, 3.63) is 72.4 Å². The van der Waals surface area contributed by atoms with Crippen LogP contribution >= 0.6 is 11.3 Å². The summed E-state index contributed by atoms with van der Waals surface area (Å²) in [4.78, 5) is 23.2. The van der Waals surface area contributed by atoms with E-state index in [-0.39, 0.29) is 23.7 Å². The van der Waals surface area contributed by atoms with Crippen LogP contribution in [0.3, 0.4) is 0 Å². The van der Waals surface area contributed by atoms with E-state index in [9.17, 15) is 4.79 Å². The summed E-state index contributed by atoms with van der Waals surface area (Å²) in [7, 11) is 0. The van der Waals surface area contributed by atoms with Gasteiger partial charge >= 0.3 is 0 Å². The van der Waals surface area contributed by atoms with Gasteiger partial charge < -0.3 is 25.6 Å². The molecule has 5 rings (SSSR count). The van der Waals surface area contributed by atoms with Crippen molar-refractivity contribution in [3.63, 3.8) is 0 Å². The van der Waals surface area contributed by atoms with E-state index in [1.54, 1.807) is 30.3 Å². The number of rotatable bonds is 9. The molecule has 0 radical (unpaired) electrons. The molecule has 3 N–H and O–H groups in total. The predicted octanol–water partition coefficient (Wildman–Crippen LogP) is 6.78. The fraction of sp³-hybridized carbons (Fsp3) is 0.276. The Morgan fingerprint density at radius 3 is 2.72 bits per heavy atom. The number of nitrogens with one attached hydrogen (secondary N) is 3. The Balaban J connectivity index is 1.30. The van der Waals surface area contributed by atoms with Crippen molar-refractivity contribution in [2.75, 3.05) is 29.0 Å². The molecule has 1 fully saturated rings. The third kappa shape index (κ3) is 6.52. The quantitative estimate of drug-likeness (QED) is 0.199. The minimum absolute atomic E-state index is 0.251. The van der Waals surface area contributed by atoms with Gasteiger partial charge in [-0.2, -0.15) is 4.98 Å². The number of anilines is 4. The summed E-state index contributed by atoms with van der Waals surface area (Å²) >= 11 is 1.46. The van der Waals surface area contributed by atoms with Gasteiger partial charge in [-0.15, -0.1) is 11.3 Å². The van der Waals surface area contributed by atoms with Crippen molar-refractivity contribution in [3.8, 4) is 11.6 Å². The molecule has 4 aromatic rings. The topological polar surface area (TPSA) is 91.4 Å². The number of hydrogen-bond acceptors (Lipinski definition) is 8. The van der Waals surface area contributed by atoms with Crippen molar-refractivity contribution >= 4 is 50.5 Å². The third-order valence-electron chi connectivity index (χ3n) is 6.62. The van der Waals surface area contributed by atoms with Crippen LogP contribution in [-0.2, 0) is 4.79 Å². The molecule has 2 aromatic heterocycles. The van der Waals surface area contributed by atoms with E-state index < -0.39 is 0 Å². The summed E-state index contributed by atoms with van der Waals surface area (Å²) in [6.45, 7) is 9.90. The van der Waals surface area contributed by atoms with Gasteiger partial charge in [-0.1, -0.05) is 12.6 Å². The molecule has 10 heteroatoms. The van der Waals surface area contributed by atoms with Crippen molar-refractivity contribution in [1.82, 2.24) is 14.9 Å². The lowest BCUT2D eigenvalue weighted by Crippen LogP contribution is -2.42. The molecule has 1 aliphatic rings. The number of fused-ring (bicyclic) bond motifs is 1. The zero-order valence-electron chi connectivity index (χ0n) is 21.9. The average Bonchev–Trinajstić information content (AvgIpc) is 3.40. The van der Waals surface area contributed by atoms with Crippen molar-refractivity contribution in [1.29, 1.82) is 0 Å². The maximum absolute atomic E-state index is 15.0. The molecule has 39 heavy (non-hydrogen) atoms. The molecule has 1 saturated heterocycles. The Bertz CT molecular complexity index is 1480. The second-order valence-electron chi connectivity index (χ2n) is 9.68. The average molecular weight is 547 g/mol. The lowest BCUT2D eigenvalue weighted by atomic mass is 10.0. The minimum Gasteiger partial charge on any atom is -0.437 e. The van der Waals surface area contributed by atoms with Crippen molar-refractivity contribution < 1.29 is 13.9 Å². The van der Waals surface area contributed by atoms with Crippen LogP contribution in [0.5, 0.6) is 11.6 Å². The number of nitrogens with zero attached hydrogens (tertiary/aromatic N) is 3. The molecule has 0 saturated carbocycles. The summed E-state index contributed by atoms with van der Waals surface area (Å²) in [5.41, 5.74) is 2.30. The third-order valence-corrected chi connectivity index (χ3v) is 7.51. The smallest absolute Gasteiger partial charge is 0.247 e. The number of amides is 1. The number of hydrogen-bond donors (Lipinski definition) is 3. The fourth-order valence-corrected chi connectivity index (χ4v) is 5.28. The van der Waals surface area contributed by atoms with E-state index in [0.29, 0.717) is 40.3 Å². The normalized spacial score (nSPS) is 14.4. The van der Waals surface area contributed by atoms with Crippen LogP contribution in [-0.4, -0.2) is 45.9 Å². The van der Waals surface area contributed by atoms with E-state index in [1.165, 1.54) is 23.5 Å². The van der Waals surface area contributed by atoms with Crippen LogP contribution in [0.4, 0.5) is 27.4 Å². The van der Waals surface area contributed by atoms with E-state index in [2.05, 4.69) is 51.2 Å². The van der Waals surface area contributed by atoms with Gasteiger partial charge in [0.05, 0.1) is 11.2 Å². The molecule has 0 atom stereocenters. The minimum atomic E-state index is -0.335. The van der Waals surface area contributed by atoms with Gasteiger partial charge in [0.2, 0.25) is 17.7 Å². The maximum Gasteiger partial charge on any atom is 0.247 e. The van der Waals surface area contributed by atoms with Gasteiger partial charge in [0, 0.05) is 42.6 Å². The van der Waals surface area contributed by atoms with E-state index in [1.807, 2.05) is 17.5 Å². The highest BCUT2D eigenvalue weighted by Crippen LogP contribution is 2.34. The first-order chi connectivity index (χ1) is 18.9. The number of piperidine rings is 1. The van der Waals surface area contributed by atoms with Crippen molar-refractivity contribution in [2.45, 2.75) is 38.8 Å². The second kappa shape index (κ2) is 11.8. The van der Waals surface area contributed by atoms with E-state index >= 15 is 4.39 Å². The van der Waals surface area contributed by atoms with Gasteiger partial charge in [0.15, 0.2) is 0 Å². The van der Waals surface area contributed by atoms with Crippen LogP contribution in [0.1, 0.15) is 26.7 Å². The number of carbonyl (C=O) groups excluding carboxylic acids is 1.